The summed E-state index contributed by atoms with van der Waals surface area (Å²) in [6.07, 6.45) is 2.81. The van der Waals surface area contributed by atoms with Crippen molar-refractivity contribution < 1.29 is 4.79 Å². The molecule has 0 atom stereocenters. The van der Waals surface area contributed by atoms with Gasteiger partial charge in [-0.2, -0.15) is 0 Å². The summed E-state index contributed by atoms with van der Waals surface area (Å²) in [5.74, 6) is 0.303. The van der Waals surface area contributed by atoms with Crippen molar-refractivity contribution in [3.63, 3.8) is 0 Å². The van der Waals surface area contributed by atoms with E-state index in [2.05, 4.69) is 47.5 Å². The van der Waals surface area contributed by atoms with Crippen molar-refractivity contribution >= 4 is 11.6 Å². The molecule has 0 aliphatic carbocycles. The molecule has 2 aromatic rings. The zero-order chi connectivity index (χ0) is 16.8. The molecule has 1 amide bonds. The third-order valence-electron chi connectivity index (χ3n) is 4.86. The van der Waals surface area contributed by atoms with Gasteiger partial charge in [0.25, 0.3) is 0 Å². The van der Waals surface area contributed by atoms with Crippen molar-refractivity contribution in [3.05, 3.63) is 65.7 Å². The van der Waals surface area contributed by atoms with Gasteiger partial charge in [0, 0.05) is 18.2 Å². The number of hydrogen-bond acceptors (Lipinski definition) is 2. The Kier molecular flexibility index (Phi) is 5.65. The Bertz CT molecular complexity index is 661. The molecule has 1 fully saturated rings. The number of nitrogens with zero attached hydrogens (tertiary/aromatic N) is 1. The lowest BCUT2D eigenvalue weighted by Gasteiger charge is -2.31. The van der Waals surface area contributed by atoms with E-state index in [1.165, 1.54) is 11.1 Å². The molecule has 0 saturated carbocycles. The number of piperidine rings is 1. The van der Waals surface area contributed by atoms with Crippen molar-refractivity contribution in [3.8, 4) is 0 Å². The maximum Gasteiger partial charge on any atom is 0.227 e. The molecule has 1 N–H and O–H groups in total. The van der Waals surface area contributed by atoms with Crippen molar-refractivity contribution in [2.75, 3.05) is 18.4 Å². The number of aryl methyl sites for hydroxylation is 1. The van der Waals surface area contributed by atoms with Gasteiger partial charge in [0.1, 0.15) is 0 Å². The van der Waals surface area contributed by atoms with Gasteiger partial charge in [-0.15, -0.1) is 0 Å². The first-order chi connectivity index (χ1) is 11.8. The van der Waals surface area contributed by atoms with E-state index in [-0.39, 0.29) is 11.8 Å². The van der Waals surface area contributed by atoms with Crippen molar-refractivity contribution in [1.29, 1.82) is 0 Å². The van der Waals surface area contributed by atoms with Crippen LogP contribution in [0.4, 0.5) is 5.69 Å². The standard InChI is InChI=1S/C21H26N2O/c1-2-18-10-6-7-11-20(18)22-21(24)19-12-14-23(15-13-19)16-17-8-4-3-5-9-17/h3-11,19H,2,12-16H2,1H3,(H,22,24). The third-order valence-corrected chi connectivity index (χ3v) is 4.86. The molecule has 1 heterocycles. The number of amides is 1. The van der Waals surface area contributed by atoms with Gasteiger partial charge in [-0.05, 0) is 49.5 Å². The maximum atomic E-state index is 12.6. The fraction of sp³-hybridized carbons (Fsp3) is 0.381. The quantitative estimate of drug-likeness (QED) is 0.899. The average molecular weight is 322 g/mol. The summed E-state index contributed by atoms with van der Waals surface area (Å²) in [5.41, 5.74) is 3.52. The molecule has 0 unspecified atom stereocenters. The van der Waals surface area contributed by atoms with E-state index in [0.29, 0.717) is 0 Å². The summed E-state index contributed by atoms with van der Waals surface area (Å²) in [6, 6.07) is 18.6. The van der Waals surface area contributed by atoms with Crippen LogP contribution in [-0.4, -0.2) is 23.9 Å². The molecule has 24 heavy (non-hydrogen) atoms. The number of nitrogens with one attached hydrogen (secondary N) is 1. The zero-order valence-electron chi connectivity index (χ0n) is 14.4. The lowest BCUT2D eigenvalue weighted by atomic mass is 9.95. The molecular formula is C21H26N2O. The molecule has 1 saturated heterocycles. The van der Waals surface area contributed by atoms with E-state index < -0.39 is 0 Å². The Labute approximate surface area is 144 Å². The number of carbonyl (C=O) groups excluding carboxylic acids is 1. The van der Waals surface area contributed by atoms with E-state index in [0.717, 1.165) is 44.6 Å². The van der Waals surface area contributed by atoms with Crippen LogP contribution < -0.4 is 5.32 Å². The predicted molar refractivity (Wildman–Crippen MR) is 98.9 cm³/mol. The number of hydrogen-bond donors (Lipinski definition) is 1. The minimum atomic E-state index is 0.127. The summed E-state index contributed by atoms with van der Waals surface area (Å²) in [7, 11) is 0. The molecule has 1 aliphatic rings. The largest absolute Gasteiger partial charge is 0.326 e. The van der Waals surface area contributed by atoms with Gasteiger partial charge in [0.2, 0.25) is 5.91 Å². The van der Waals surface area contributed by atoms with Gasteiger partial charge in [-0.3, -0.25) is 9.69 Å². The minimum Gasteiger partial charge on any atom is -0.326 e. The number of carbonyl (C=O) groups is 1. The maximum absolute atomic E-state index is 12.6. The first-order valence-corrected chi connectivity index (χ1v) is 8.91. The first kappa shape index (κ1) is 16.7. The van der Waals surface area contributed by atoms with Crippen LogP contribution in [-0.2, 0) is 17.8 Å². The Morgan fingerprint density at radius 2 is 1.71 bits per heavy atom. The second-order valence-corrected chi connectivity index (χ2v) is 6.54. The summed E-state index contributed by atoms with van der Waals surface area (Å²) in [5, 5.41) is 3.14. The van der Waals surface area contributed by atoms with Gasteiger partial charge < -0.3 is 5.32 Å². The number of likely N-dealkylation sites (tertiary alicyclic amines) is 1. The number of anilines is 1. The highest BCUT2D eigenvalue weighted by Gasteiger charge is 2.25. The van der Waals surface area contributed by atoms with Crippen LogP contribution in [0, 0.1) is 5.92 Å². The summed E-state index contributed by atoms with van der Waals surface area (Å²) in [6.45, 7) is 5.08. The number of rotatable bonds is 5. The second-order valence-electron chi connectivity index (χ2n) is 6.54. The molecule has 3 nitrogen and oxygen atoms in total. The third kappa shape index (κ3) is 4.24. The topological polar surface area (TPSA) is 32.3 Å². The number of benzene rings is 2. The molecule has 0 spiro atoms. The molecular weight excluding hydrogens is 296 g/mol. The van der Waals surface area contributed by atoms with Crippen LogP contribution in [0.15, 0.2) is 54.6 Å². The van der Waals surface area contributed by atoms with Crippen LogP contribution in [0.25, 0.3) is 0 Å². The molecule has 1 aliphatic heterocycles. The monoisotopic (exact) mass is 322 g/mol. The molecule has 2 aromatic carbocycles. The number of para-hydroxylation sites is 1. The van der Waals surface area contributed by atoms with Crippen molar-refractivity contribution in [2.24, 2.45) is 5.92 Å². The summed E-state index contributed by atoms with van der Waals surface area (Å²) < 4.78 is 0. The Morgan fingerprint density at radius 1 is 1.04 bits per heavy atom. The predicted octanol–water partition coefficient (Wildman–Crippen LogP) is 4.10. The smallest absolute Gasteiger partial charge is 0.227 e. The van der Waals surface area contributed by atoms with E-state index in [1.807, 2.05) is 24.3 Å². The summed E-state index contributed by atoms with van der Waals surface area (Å²) in [4.78, 5) is 15.0. The van der Waals surface area contributed by atoms with E-state index in [4.69, 9.17) is 0 Å². The molecule has 0 bridgehead atoms. The molecule has 3 heteroatoms. The van der Waals surface area contributed by atoms with Gasteiger partial charge >= 0.3 is 0 Å². The van der Waals surface area contributed by atoms with Crippen LogP contribution in [0.5, 0.6) is 0 Å². The van der Waals surface area contributed by atoms with Crippen molar-refractivity contribution in [2.45, 2.75) is 32.7 Å². The Hall–Kier alpha value is -2.13. The molecule has 0 aromatic heterocycles. The highest BCUT2D eigenvalue weighted by Crippen LogP contribution is 2.22. The fourth-order valence-corrected chi connectivity index (χ4v) is 3.38. The average Bonchev–Trinajstić information content (AvgIpc) is 2.63. The van der Waals surface area contributed by atoms with Gasteiger partial charge in [0.15, 0.2) is 0 Å². The van der Waals surface area contributed by atoms with E-state index >= 15 is 0 Å². The normalized spacial score (nSPS) is 16.0. The van der Waals surface area contributed by atoms with Gasteiger partial charge in [0.05, 0.1) is 0 Å². The lowest BCUT2D eigenvalue weighted by molar-refractivity contribution is -0.121. The fourth-order valence-electron chi connectivity index (χ4n) is 3.38. The molecule has 126 valence electrons. The first-order valence-electron chi connectivity index (χ1n) is 8.91. The van der Waals surface area contributed by atoms with E-state index in [9.17, 15) is 4.79 Å². The van der Waals surface area contributed by atoms with Gasteiger partial charge in [-0.1, -0.05) is 55.5 Å². The second kappa shape index (κ2) is 8.11. The molecule has 0 radical (unpaired) electrons. The van der Waals surface area contributed by atoms with E-state index in [1.54, 1.807) is 0 Å². The SMILES string of the molecule is CCc1ccccc1NC(=O)C1CCN(Cc2ccccc2)CC1. The van der Waals surface area contributed by atoms with Gasteiger partial charge in [-0.25, -0.2) is 0 Å². The highest BCUT2D eigenvalue weighted by molar-refractivity contribution is 5.93. The van der Waals surface area contributed by atoms with Crippen LogP contribution in [0.3, 0.4) is 0 Å². The highest BCUT2D eigenvalue weighted by atomic mass is 16.1. The van der Waals surface area contributed by atoms with Crippen LogP contribution in [0.1, 0.15) is 30.9 Å². The minimum absolute atomic E-state index is 0.127. The Balaban J connectivity index is 1.52. The van der Waals surface area contributed by atoms with Crippen molar-refractivity contribution in [1.82, 2.24) is 4.90 Å². The zero-order valence-corrected chi connectivity index (χ0v) is 14.4. The van der Waals surface area contributed by atoms with Crippen LogP contribution in [0.2, 0.25) is 0 Å². The Morgan fingerprint density at radius 3 is 2.42 bits per heavy atom. The summed E-state index contributed by atoms with van der Waals surface area (Å²) >= 11 is 0. The lowest BCUT2D eigenvalue weighted by Crippen LogP contribution is -2.37. The van der Waals surface area contributed by atoms with Crippen LogP contribution >= 0.6 is 0 Å². The molecule has 3 rings (SSSR count).